The maximum Gasteiger partial charge on any atom is 0.118 e. The van der Waals surface area contributed by atoms with E-state index in [2.05, 4.69) is 10.6 Å². The largest absolute Gasteiger partial charge is 0.497 e. The summed E-state index contributed by atoms with van der Waals surface area (Å²) >= 11 is 0. The molecule has 0 aliphatic carbocycles. The first-order valence-corrected chi connectivity index (χ1v) is 4.83. The molecule has 1 rings (SSSR count). The summed E-state index contributed by atoms with van der Waals surface area (Å²) in [6, 6.07) is 7.03. The minimum atomic E-state index is -0.830. The average Bonchev–Trinajstić information content (AvgIpc) is 2.30. The fourth-order valence-corrected chi connectivity index (χ4v) is 1.35. The molecule has 0 aromatic heterocycles. The van der Waals surface area contributed by atoms with Crippen molar-refractivity contribution in [3.63, 3.8) is 0 Å². The van der Waals surface area contributed by atoms with Crippen molar-refractivity contribution in [2.24, 2.45) is 5.16 Å². The van der Waals surface area contributed by atoms with Crippen LogP contribution in [0.1, 0.15) is 19.4 Å². The first-order chi connectivity index (χ1) is 7.55. The highest BCUT2D eigenvalue weighted by atomic mass is 35.5. The van der Waals surface area contributed by atoms with Crippen LogP contribution >= 0.6 is 12.4 Å². The number of oxime groups is 1. The van der Waals surface area contributed by atoms with Crippen LogP contribution in [0.2, 0.25) is 0 Å². The quantitative estimate of drug-likeness (QED) is 0.440. The van der Waals surface area contributed by atoms with E-state index >= 15 is 0 Å². The van der Waals surface area contributed by atoms with Gasteiger partial charge in [-0.25, -0.2) is 0 Å². The molecule has 0 atom stereocenters. The van der Waals surface area contributed by atoms with Gasteiger partial charge in [0.05, 0.1) is 12.6 Å². The fraction of sp³-hybridized carbons (Fsp3) is 0.364. The molecule has 0 aliphatic heterocycles. The lowest BCUT2D eigenvalue weighted by Gasteiger charge is -2.23. The van der Waals surface area contributed by atoms with Gasteiger partial charge in [-0.05, 0) is 38.1 Å². The normalized spacial score (nSPS) is 11.9. The van der Waals surface area contributed by atoms with Crippen molar-refractivity contribution in [1.29, 1.82) is 0 Å². The molecule has 1 aromatic rings. The van der Waals surface area contributed by atoms with E-state index in [1.165, 1.54) is 0 Å². The van der Waals surface area contributed by atoms with Crippen molar-refractivity contribution in [3.8, 4) is 5.75 Å². The van der Waals surface area contributed by atoms with Crippen LogP contribution in [-0.4, -0.2) is 28.8 Å². The van der Waals surface area contributed by atoms with Gasteiger partial charge in [0, 0.05) is 5.56 Å². The Bertz CT molecular complexity index is 377. The number of ether oxygens (including phenoxy) is 1. The number of nitrogens with zero attached hydrogens (tertiary/aromatic N) is 1. The third-order valence-corrected chi connectivity index (χ3v) is 2.33. The van der Waals surface area contributed by atoms with E-state index in [4.69, 9.17) is 15.2 Å². The zero-order valence-electron chi connectivity index (χ0n) is 9.97. The van der Waals surface area contributed by atoms with Crippen LogP contribution in [-0.2, 0) is 0 Å². The smallest absolute Gasteiger partial charge is 0.118 e. The molecule has 0 radical (unpaired) electrons. The van der Waals surface area contributed by atoms with Crippen molar-refractivity contribution in [3.05, 3.63) is 29.8 Å². The van der Waals surface area contributed by atoms with Gasteiger partial charge in [0.25, 0.3) is 0 Å². The zero-order chi connectivity index (χ0) is 12.2. The lowest BCUT2D eigenvalue weighted by molar-refractivity contribution is 0.113. The molecule has 0 heterocycles. The molecule has 0 fully saturated rings. The number of rotatable bonds is 4. The monoisotopic (exact) mass is 260 g/mol. The molecule has 0 saturated carbocycles. The number of hydroxylamine groups is 1. The first-order valence-electron chi connectivity index (χ1n) is 4.83. The number of hydrogen-bond acceptors (Lipinski definition) is 5. The van der Waals surface area contributed by atoms with Gasteiger partial charge in [0.2, 0.25) is 0 Å². The first kappa shape index (κ1) is 15.7. The van der Waals surface area contributed by atoms with Crippen LogP contribution in [0.5, 0.6) is 5.75 Å². The topological polar surface area (TPSA) is 74.1 Å². The van der Waals surface area contributed by atoms with E-state index in [1.54, 1.807) is 45.2 Å². The molecular formula is C11H17ClN2O3. The molecule has 0 amide bonds. The van der Waals surface area contributed by atoms with E-state index in [1.807, 2.05) is 0 Å². The van der Waals surface area contributed by atoms with Crippen LogP contribution < -0.4 is 10.2 Å². The molecule has 5 nitrogen and oxygen atoms in total. The summed E-state index contributed by atoms with van der Waals surface area (Å²) < 4.78 is 5.03. The lowest BCUT2D eigenvalue weighted by Crippen LogP contribution is -2.45. The zero-order valence-corrected chi connectivity index (χ0v) is 10.8. The molecule has 17 heavy (non-hydrogen) atoms. The second-order valence-electron chi connectivity index (χ2n) is 3.91. The number of nitrogens with one attached hydrogen (secondary N) is 1. The van der Waals surface area contributed by atoms with Gasteiger partial charge < -0.3 is 15.2 Å². The average molecular weight is 261 g/mol. The van der Waals surface area contributed by atoms with Gasteiger partial charge in [-0.1, -0.05) is 5.16 Å². The Kier molecular flexibility index (Phi) is 5.95. The summed E-state index contributed by atoms with van der Waals surface area (Å²) in [5.74, 6) is 0.718. The Balaban J connectivity index is 0.00000256. The van der Waals surface area contributed by atoms with Crippen LogP contribution in [0.4, 0.5) is 0 Å². The van der Waals surface area contributed by atoms with Crippen molar-refractivity contribution in [1.82, 2.24) is 5.48 Å². The van der Waals surface area contributed by atoms with E-state index in [-0.39, 0.29) is 12.4 Å². The third kappa shape index (κ3) is 3.59. The van der Waals surface area contributed by atoms with Gasteiger partial charge >= 0.3 is 0 Å². The second kappa shape index (κ2) is 6.44. The third-order valence-electron chi connectivity index (χ3n) is 2.33. The van der Waals surface area contributed by atoms with Crippen LogP contribution in [0.3, 0.4) is 0 Å². The van der Waals surface area contributed by atoms with Crippen molar-refractivity contribution >= 4 is 18.1 Å². The number of hydrogen-bond donors (Lipinski definition) is 3. The van der Waals surface area contributed by atoms with E-state index in [9.17, 15) is 0 Å². The SMILES string of the molecule is COc1ccc(/C(=N/O)C(C)(C)NO)cc1.Cl. The van der Waals surface area contributed by atoms with E-state index < -0.39 is 5.54 Å². The Labute approximate surface area is 106 Å². The predicted molar refractivity (Wildman–Crippen MR) is 67.6 cm³/mol. The maximum atomic E-state index is 8.99. The summed E-state index contributed by atoms with van der Waals surface area (Å²) in [4.78, 5) is 0. The van der Waals surface area contributed by atoms with E-state index in [0.717, 1.165) is 5.75 Å². The molecule has 3 N–H and O–H groups in total. The molecule has 6 heteroatoms. The lowest BCUT2D eigenvalue weighted by atomic mass is 9.93. The Morgan fingerprint density at radius 1 is 1.29 bits per heavy atom. The fourth-order valence-electron chi connectivity index (χ4n) is 1.35. The Hall–Kier alpha value is -1.30. The van der Waals surface area contributed by atoms with Crippen molar-refractivity contribution < 1.29 is 15.2 Å². The summed E-state index contributed by atoms with van der Waals surface area (Å²) in [5.41, 5.74) is 2.32. The molecule has 0 unspecified atom stereocenters. The summed E-state index contributed by atoms with van der Waals surface area (Å²) in [6.45, 7) is 3.40. The van der Waals surface area contributed by atoms with Crippen molar-refractivity contribution in [2.45, 2.75) is 19.4 Å². The Morgan fingerprint density at radius 2 is 1.82 bits per heavy atom. The molecule has 0 aliphatic rings. The standard InChI is InChI=1S/C11H16N2O3.ClH/c1-11(2,13-15)10(12-14)8-4-6-9(16-3)7-5-8;/h4-7,13-15H,1-3H3;1H/b12-10-;. The molecule has 0 bridgehead atoms. The molecule has 0 saturated heterocycles. The molecule has 96 valence electrons. The van der Waals surface area contributed by atoms with Crippen LogP contribution in [0, 0.1) is 0 Å². The summed E-state index contributed by atoms with van der Waals surface area (Å²) in [5, 5.41) is 21.2. The van der Waals surface area contributed by atoms with Crippen molar-refractivity contribution in [2.75, 3.05) is 7.11 Å². The van der Waals surface area contributed by atoms with Crippen LogP contribution in [0.15, 0.2) is 29.4 Å². The van der Waals surface area contributed by atoms with E-state index in [0.29, 0.717) is 11.3 Å². The number of benzene rings is 1. The van der Waals surface area contributed by atoms with Gasteiger partial charge in [-0.15, -0.1) is 12.4 Å². The maximum absolute atomic E-state index is 8.99. The molecule has 1 aromatic carbocycles. The van der Waals surface area contributed by atoms with Gasteiger partial charge in [-0.2, -0.15) is 5.48 Å². The van der Waals surface area contributed by atoms with Gasteiger partial charge in [0.1, 0.15) is 11.5 Å². The highest BCUT2D eigenvalue weighted by molar-refractivity contribution is 6.06. The molecule has 0 spiro atoms. The van der Waals surface area contributed by atoms with Gasteiger partial charge in [0.15, 0.2) is 0 Å². The predicted octanol–water partition coefficient (Wildman–Crippen LogP) is 2.05. The van der Waals surface area contributed by atoms with Crippen LogP contribution in [0.25, 0.3) is 0 Å². The highest BCUT2D eigenvalue weighted by Crippen LogP contribution is 2.17. The number of halogens is 1. The minimum Gasteiger partial charge on any atom is -0.497 e. The Morgan fingerprint density at radius 3 is 2.18 bits per heavy atom. The second-order valence-corrected chi connectivity index (χ2v) is 3.91. The number of methoxy groups -OCH3 is 1. The summed E-state index contributed by atoms with van der Waals surface area (Å²) in [6.07, 6.45) is 0. The summed E-state index contributed by atoms with van der Waals surface area (Å²) in [7, 11) is 1.58. The minimum absolute atomic E-state index is 0. The highest BCUT2D eigenvalue weighted by Gasteiger charge is 2.26. The molecular weight excluding hydrogens is 244 g/mol. The van der Waals surface area contributed by atoms with Gasteiger partial charge in [-0.3, -0.25) is 0 Å².